The Hall–Kier alpha value is -1.14. The third-order valence-corrected chi connectivity index (χ3v) is 2.50. The van der Waals surface area contributed by atoms with E-state index >= 15 is 0 Å². The van der Waals surface area contributed by atoms with Gasteiger partial charge in [0.1, 0.15) is 6.10 Å². The van der Waals surface area contributed by atoms with Gasteiger partial charge < -0.3 is 20.9 Å². The first kappa shape index (κ1) is 16.9. The molecular weight excluding hydrogens is 236 g/mol. The van der Waals surface area contributed by atoms with E-state index in [1.807, 2.05) is 6.92 Å². The van der Waals surface area contributed by atoms with Crippen LogP contribution in [0.5, 0.6) is 0 Å². The summed E-state index contributed by atoms with van der Waals surface area (Å²) in [5.74, 6) is -0.912. The lowest BCUT2D eigenvalue weighted by atomic mass is 10.0. The molecule has 0 aliphatic heterocycles. The van der Waals surface area contributed by atoms with Gasteiger partial charge in [-0.3, -0.25) is 9.59 Å². The number of carbonyl (C=O) groups is 2. The fraction of sp³-hybridized carbons (Fsp3) is 0.833. The molecule has 0 spiro atoms. The highest BCUT2D eigenvalue weighted by Gasteiger charge is 2.22. The van der Waals surface area contributed by atoms with Crippen molar-refractivity contribution in [1.82, 2.24) is 5.32 Å². The average Bonchev–Trinajstić information content (AvgIpc) is 2.35. The molecule has 18 heavy (non-hydrogen) atoms. The lowest BCUT2D eigenvalue weighted by Crippen LogP contribution is -2.46. The Morgan fingerprint density at radius 1 is 1.39 bits per heavy atom. The highest BCUT2D eigenvalue weighted by atomic mass is 16.5. The molecular formula is C12H24N2O4. The van der Waals surface area contributed by atoms with E-state index in [1.54, 1.807) is 6.92 Å². The maximum absolute atomic E-state index is 11.5. The van der Waals surface area contributed by atoms with Crippen LogP contribution in [-0.4, -0.2) is 42.3 Å². The predicted molar refractivity (Wildman–Crippen MR) is 67.8 cm³/mol. The quantitative estimate of drug-likeness (QED) is 0.504. The van der Waals surface area contributed by atoms with E-state index in [4.69, 9.17) is 10.5 Å². The Balaban J connectivity index is 3.83. The number of hydrogen-bond acceptors (Lipinski definition) is 5. The van der Waals surface area contributed by atoms with E-state index in [2.05, 4.69) is 5.32 Å². The fourth-order valence-electron chi connectivity index (χ4n) is 1.42. The molecule has 2 atom stereocenters. The SMILES string of the molecule is CCCC[C@@H](N)C(O)C(=O)NCCC(=O)OCC. The van der Waals surface area contributed by atoms with Crippen molar-refractivity contribution >= 4 is 11.9 Å². The number of unbranched alkanes of at least 4 members (excludes halogenated alkanes) is 1. The van der Waals surface area contributed by atoms with Gasteiger partial charge in [-0.1, -0.05) is 19.8 Å². The van der Waals surface area contributed by atoms with Crippen LogP contribution in [0.25, 0.3) is 0 Å². The Kier molecular flexibility index (Phi) is 9.22. The van der Waals surface area contributed by atoms with Crippen molar-refractivity contribution < 1.29 is 19.4 Å². The molecule has 0 aromatic rings. The summed E-state index contributed by atoms with van der Waals surface area (Å²) < 4.78 is 4.71. The van der Waals surface area contributed by atoms with Crippen LogP contribution < -0.4 is 11.1 Å². The number of nitrogens with one attached hydrogen (secondary N) is 1. The third kappa shape index (κ3) is 7.24. The van der Waals surface area contributed by atoms with Gasteiger partial charge in [-0.05, 0) is 13.3 Å². The molecule has 1 amide bonds. The second-order valence-corrected chi connectivity index (χ2v) is 4.10. The second-order valence-electron chi connectivity index (χ2n) is 4.10. The van der Waals surface area contributed by atoms with Crippen molar-refractivity contribution in [3.05, 3.63) is 0 Å². The van der Waals surface area contributed by atoms with Crippen molar-refractivity contribution in [3.8, 4) is 0 Å². The highest BCUT2D eigenvalue weighted by Crippen LogP contribution is 2.02. The minimum Gasteiger partial charge on any atom is -0.466 e. The molecule has 0 saturated heterocycles. The largest absolute Gasteiger partial charge is 0.466 e. The zero-order valence-electron chi connectivity index (χ0n) is 11.1. The summed E-state index contributed by atoms with van der Waals surface area (Å²) in [6.07, 6.45) is 1.30. The normalized spacial score (nSPS) is 13.8. The molecule has 0 aliphatic rings. The molecule has 4 N–H and O–H groups in total. The van der Waals surface area contributed by atoms with Gasteiger partial charge >= 0.3 is 5.97 Å². The first-order valence-corrected chi connectivity index (χ1v) is 6.39. The van der Waals surface area contributed by atoms with E-state index < -0.39 is 18.1 Å². The van der Waals surface area contributed by atoms with Crippen LogP contribution in [0.1, 0.15) is 39.5 Å². The van der Waals surface area contributed by atoms with Gasteiger partial charge in [0, 0.05) is 12.6 Å². The van der Waals surface area contributed by atoms with Crippen molar-refractivity contribution in [3.63, 3.8) is 0 Å². The van der Waals surface area contributed by atoms with E-state index in [9.17, 15) is 14.7 Å². The monoisotopic (exact) mass is 260 g/mol. The minimum absolute atomic E-state index is 0.0937. The summed E-state index contributed by atoms with van der Waals surface area (Å²) in [6.45, 7) is 4.19. The number of carbonyl (C=O) groups excluding carboxylic acids is 2. The number of hydrogen-bond donors (Lipinski definition) is 3. The van der Waals surface area contributed by atoms with Crippen LogP contribution in [0.15, 0.2) is 0 Å². The molecule has 106 valence electrons. The van der Waals surface area contributed by atoms with Crippen LogP contribution in [0.4, 0.5) is 0 Å². The van der Waals surface area contributed by atoms with Crippen molar-refractivity contribution in [1.29, 1.82) is 0 Å². The van der Waals surface area contributed by atoms with Gasteiger partial charge in [-0.15, -0.1) is 0 Å². The zero-order valence-corrected chi connectivity index (χ0v) is 11.1. The molecule has 1 unspecified atom stereocenters. The highest BCUT2D eigenvalue weighted by molar-refractivity contribution is 5.81. The topological polar surface area (TPSA) is 102 Å². The number of aliphatic hydroxyl groups excluding tert-OH is 1. The zero-order chi connectivity index (χ0) is 14.0. The van der Waals surface area contributed by atoms with Crippen molar-refractivity contribution in [2.45, 2.75) is 51.7 Å². The summed E-state index contributed by atoms with van der Waals surface area (Å²) in [4.78, 5) is 22.5. The van der Waals surface area contributed by atoms with Crippen LogP contribution >= 0.6 is 0 Å². The molecule has 6 heteroatoms. The lowest BCUT2D eigenvalue weighted by Gasteiger charge is -2.17. The molecule has 0 saturated carbocycles. The summed E-state index contributed by atoms with van der Waals surface area (Å²) in [5.41, 5.74) is 5.68. The molecule has 0 rings (SSSR count). The van der Waals surface area contributed by atoms with E-state index in [-0.39, 0.29) is 18.9 Å². The maximum atomic E-state index is 11.5. The Bertz CT molecular complexity index is 258. The fourth-order valence-corrected chi connectivity index (χ4v) is 1.42. The Labute approximate surface area is 108 Å². The van der Waals surface area contributed by atoms with Gasteiger partial charge in [-0.2, -0.15) is 0 Å². The van der Waals surface area contributed by atoms with Crippen molar-refractivity contribution in [2.24, 2.45) is 5.73 Å². The molecule has 0 bridgehead atoms. The average molecular weight is 260 g/mol. The van der Waals surface area contributed by atoms with Crippen LogP contribution in [0, 0.1) is 0 Å². The second kappa shape index (κ2) is 9.85. The van der Waals surface area contributed by atoms with Crippen LogP contribution in [-0.2, 0) is 14.3 Å². The summed E-state index contributed by atoms with van der Waals surface area (Å²) in [5, 5.41) is 12.1. The number of esters is 1. The first-order chi connectivity index (χ1) is 8.52. The third-order valence-electron chi connectivity index (χ3n) is 2.50. The van der Waals surface area contributed by atoms with Gasteiger partial charge in [0.2, 0.25) is 5.91 Å². The Morgan fingerprint density at radius 2 is 2.06 bits per heavy atom. The smallest absolute Gasteiger partial charge is 0.307 e. The number of nitrogens with two attached hydrogens (primary N) is 1. The number of ether oxygens (including phenoxy) is 1. The standard InChI is InChI=1S/C12H24N2O4/c1-3-5-6-9(13)11(16)12(17)14-8-7-10(15)18-4-2/h9,11,16H,3-8,13H2,1-2H3,(H,14,17)/t9-,11?/m1/s1. The summed E-state index contributed by atoms with van der Waals surface area (Å²) in [6, 6.07) is -0.562. The number of aliphatic hydroxyl groups is 1. The predicted octanol–water partition coefficient (Wildman–Crippen LogP) is -0.0658. The molecule has 0 heterocycles. The van der Waals surface area contributed by atoms with E-state index in [1.165, 1.54) is 0 Å². The van der Waals surface area contributed by atoms with E-state index in [0.29, 0.717) is 13.0 Å². The molecule has 0 aliphatic carbocycles. The Morgan fingerprint density at radius 3 is 2.61 bits per heavy atom. The van der Waals surface area contributed by atoms with Crippen molar-refractivity contribution in [2.75, 3.05) is 13.2 Å². The minimum atomic E-state index is -1.22. The van der Waals surface area contributed by atoms with E-state index in [0.717, 1.165) is 12.8 Å². The molecule has 0 aromatic heterocycles. The maximum Gasteiger partial charge on any atom is 0.307 e. The molecule has 0 fully saturated rings. The van der Waals surface area contributed by atoms with Gasteiger partial charge in [0.05, 0.1) is 13.0 Å². The number of amides is 1. The van der Waals surface area contributed by atoms with Crippen LogP contribution in [0.3, 0.4) is 0 Å². The van der Waals surface area contributed by atoms with Gasteiger partial charge in [-0.25, -0.2) is 0 Å². The van der Waals surface area contributed by atoms with Gasteiger partial charge in [0.25, 0.3) is 0 Å². The molecule has 6 nitrogen and oxygen atoms in total. The number of rotatable bonds is 9. The van der Waals surface area contributed by atoms with Crippen LogP contribution in [0.2, 0.25) is 0 Å². The summed E-state index contributed by atoms with van der Waals surface area (Å²) in [7, 11) is 0. The lowest BCUT2D eigenvalue weighted by molar-refractivity contribution is -0.143. The summed E-state index contributed by atoms with van der Waals surface area (Å²) >= 11 is 0. The van der Waals surface area contributed by atoms with Gasteiger partial charge in [0.15, 0.2) is 0 Å². The first-order valence-electron chi connectivity index (χ1n) is 6.39. The molecule has 0 aromatic carbocycles. The molecule has 0 radical (unpaired) electrons.